The van der Waals surface area contributed by atoms with Gasteiger partial charge in [0.2, 0.25) is 0 Å². The minimum atomic E-state index is -0.779. The average molecular weight is 127 g/mol. The molecule has 0 amide bonds. The first-order valence-electron chi connectivity index (χ1n) is 2.87. The van der Waals surface area contributed by atoms with Gasteiger partial charge in [-0.05, 0) is 6.42 Å². The number of hydrogen-bond acceptors (Lipinski definition) is 2. The minimum absolute atomic E-state index is 0.0499. The highest BCUT2D eigenvalue weighted by Gasteiger charge is 2.21. The molecule has 1 rings (SSSR count). The van der Waals surface area contributed by atoms with Gasteiger partial charge in [-0.15, -0.1) is 0 Å². The summed E-state index contributed by atoms with van der Waals surface area (Å²) in [5.74, 6) is -1.13. The first-order valence-corrected chi connectivity index (χ1v) is 2.87. The molecular weight excluding hydrogens is 118 g/mol. The minimum Gasteiger partial charge on any atom is -0.481 e. The fraction of sp³-hybridized carbons (Fsp3) is 0.500. The van der Waals surface area contributed by atoms with Crippen LogP contribution in [0.2, 0.25) is 0 Å². The molecule has 0 spiro atoms. The number of nitrogens with two attached hydrogens (primary N) is 1. The van der Waals surface area contributed by atoms with Crippen LogP contribution in [0, 0.1) is 5.92 Å². The van der Waals surface area contributed by atoms with Crippen LogP contribution in [0.4, 0.5) is 0 Å². The maximum Gasteiger partial charge on any atom is 0.310 e. The van der Waals surface area contributed by atoms with Gasteiger partial charge in [0, 0.05) is 6.04 Å². The van der Waals surface area contributed by atoms with Gasteiger partial charge in [-0.1, -0.05) is 12.2 Å². The lowest BCUT2D eigenvalue weighted by Gasteiger charge is -2.00. The third-order valence-electron chi connectivity index (χ3n) is 1.43. The monoisotopic (exact) mass is 127 g/mol. The average Bonchev–Trinajstić information content (AvgIpc) is 2.14. The predicted molar refractivity (Wildman–Crippen MR) is 32.9 cm³/mol. The van der Waals surface area contributed by atoms with E-state index in [0.717, 1.165) is 0 Å². The number of rotatable bonds is 1. The standard InChI is InChI=1S/C6H9NO2/c7-5-2-1-4(3-5)6(8)9/h1-2,4-5H,3,7H2,(H,8,9)/t4?,5-/m0/s1. The van der Waals surface area contributed by atoms with Gasteiger partial charge in [0.15, 0.2) is 0 Å². The van der Waals surface area contributed by atoms with Crippen molar-refractivity contribution in [2.45, 2.75) is 12.5 Å². The molecule has 3 nitrogen and oxygen atoms in total. The quantitative estimate of drug-likeness (QED) is 0.486. The maximum atomic E-state index is 10.2. The Hall–Kier alpha value is -0.830. The normalized spacial score (nSPS) is 33.0. The summed E-state index contributed by atoms with van der Waals surface area (Å²) in [5.41, 5.74) is 5.41. The van der Waals surface area contributed by atoms with Crippen molar-refractivity contribution in [3.8, 4) is 0 Å². The van der Waals surface area contributed by atoms with Crippen LogP contribution < -0.4 is 5.73 Å². The van der Waals surface area contributed by atoms with E-state index in [2.05, 4.69) is 0 Å². The molecule has 0 saturated heterocycles. The van der Waals surface area contributed by atoms with E-state index in [1.165, 1.54) is 0 Å². The molecule has 9 heavy (non-hydrogen) atoms. The number of carboxylic acids is 1. The Balaban J connectivity index is 2.50. The summed E-state index contributed by atoms with van der Waals surface area (Å²) >= 11 is 0. The third-order valence-corrected chi connectivity index (χ3v) is 1.43. The Kier molecular flexibility index (Phi) is 1.53. The first kappa shape index (κ1) is 6.29. The predicted octanol–water partition coefficient (Wildman–Crippen LogP) is -0.0256. The molecule has 1 aliphatic carbocycles. The van der Waals surface area contributed by atoms with E-state index in [4.69, 9.17) is 10.8 Å². The molecule has 3 heteroatoms. The fourth-order valence-electron chi connectivity index (χ4n) is 0.910. The van der Waals surface area contributed by atoms with Crippen LogP contribution in [0.15, 0.2) is 12.2 Å². The Bertz CT molecular complexity index is 153. The van der Waals surface area contributed by atoms with Gasteiger partial charge in [-0.3, -0.25) is 4.79 Å². The molecule has 0 aromatic heterocycles. The largest absolute Gasteiger partial charge is 0.481 e. The second-order valence-corrected chi connectivity index (χ2v) is 2.23. The number of carboxylic acid groups (broad SMARTS) is 1. The lowest BCUT2D eigenvalue weighted by atomic mass is 10.1. The Morgan fingerprint density at radius 3 is 2.56 bits per heavy atom. The molecule has 50 valence electrons. The number of aliphatic carboxylic acids is 1. The van der Waals surface area contributed by atoms with Gasteiger partial charge in [-0.25, -0.2) is 0 Å². The van der Waals surface area contributed by atoms with Crippen LogP contribution >= 0.6 is 0 Å². The number of carbonyl (C=O) groups is 1. The topological polar surface area (TPSA) is 63.3 Å². The van der Waals surface area contributed by atoms with Crippen molar-refractivity contribution in [2.75, 3.05) is 0 Å². The van der Waals surface area contributed by atoms with Gasteiger partial charge < -0.3 is 10.8 Å². The zero-order valence-corrected chi connectivity index (χ0v) is 4.95. The smallest absolute Gasteiger partial charge is 0.310 e. The molecule has 0 aromatic carbocycles. The molecule has 0 radical (unpaired) electrons. The summed E-state index contributed by atoms with van der Waals surface area (Å²) in [6.07, 6.45) is 3.93. The zero-order valence-electron chi connectivity index (χ0n) is 4.95. The summed E-state index contributed by atoms with van der Waals surface area (Å²) in [6, 6.07) is -0.0499. The molecule has 2 atom stereocenters. The lowest BCUT2D eigenvalue weighted by molar-refractivity contribution is -0.140. The summed E-state index contributed by atoms with van der Waals surface area (Å²) in [4.78, 5) is 10.2. The lowest BCUT2D eigenvalue weighted by Crippen LogP contribution is -2.18. The van der Waals surface area contributed by atoms with Crippen molar-refractivity contribution in [1.29, 1.82) is 0 Å². The van der Waals surface area contributed by atoms with E-state index >= 15 is 0 Å². The van der Waals surface area contributed by atoms with E-state index in [0.29, 0.717) is 6.42 Å². The van der Waals surface area contributed by atoms with Crippen molar-refractivity contribution in [3.05, 3.63) is 12.2 Å². The summed E-state index contributed by atoms with van der Waals surface area (Å²) < 4.78 is 0. The third kappa shape index (κ3) is 1.29. The maximum absolute atomic E-state index is 10.2. The van der Waals surface area contributed by atoms with Gasteiger partial charge in [0.1, 0.15) is 0 Å². The van der Waals surface area contributed by atoms with Gasteiger partial charge >= 0.3 is 5.97 Å². The van der Waals surface area contributed by atoms with Crippen LogP contribution in [0.1, 0.15) is 6.42 Å². The summed E-state index contributed by atoms with van der Waals surface area (Å²) in [5, 5.41) is 8.42. The van der Waals surface area contributed by atoms with Gasteiger partial charge in [0.25, 0.3) is 0 Å². The molecule has 0 aromatic rings. The van der Waals surface area contributed by atoms with E-state index < -0.39 is 5.97 Å². The molecule has 0 heterocycles. The van der Waals surface area contributed by atoms with E-state index in [9.17, 15) is 4.79 Å². The van der Waals surface area contributed by atoms with Crippen molar-refractivity contribution >= 4 is 5.97 Å². The number of hydrogen-bond donors (Lipinski definition) is 2. The molecular formula is C6H9NO2. The highest BCUT2D eigenvalue weighted by atomic mass is 16.4. The van der Waals surface area contributed by atoms with Crippen LogP contribution in [0.25, 0.3) is 0 Å². The van der Waals surface area contributed by atoms with Crippen molar-refractivity contribution in [1.82, 2.24) is 0 Å². The molecule has 1 aliphatic rings. The van der Waals surface area contributed by atoms with Crippen molar-refractivity contribution < 1.29 is 9.90 Å². The molecule has 3 N–H and O–H groups in total. The van der Waals surface area contributed by atoms with Gasteiger partial charge in [-0.2, -0.15) is 0 Å². The van der Waals surface area contributed by atoms with Crippen LogP contribution in [-0.4, -0.2) is 17.1 Å². The van der Waals surface area contributed by atoms with Crippen LogP contribution in [-0.2, 0) is 4.79 Å². The zero-order chi connectivity index (χ0) is 6.85. The molecule has 0 fully saturated rings. The Morgan fingerprint density at radius 1 is 1.67 bits per heavy atom. The molecule has 1 unspecified atom stereocenters. The highest BCUT2D eigenvalue weighted by Crippen LogP contribution is 2.15. The molecule has 0 aliphatic heterocycles. The molecule has 0 saturated carbocycles. The van der Waals surface area contributed by atoms with Crippen LogP contribution in [0.5, 0.6) is 0 Å². The second-order valence-electron chi connectivity index (χ2n) is 2.23. The molecule has 0 bridgehead atoms. The Labute approximate surface area is 53.2 Å². The summed E-state index contributed by atoms with van der Waals surface area (Å²) in [6.45, 7) is 0. The second kappa shape index (κ2) is 2.19. The van der Waals surface area contributed by atoms with Crippen molar-refractivity contribution in [3.63, 3.8) is 0 Å². The van der Waals surface area contributed by atoms with Gasteiger partial charge in [0.05, 0.1) is 5.92 Å². The van der Waals surface area contributed by atoms with E-state index in [-0.39, 0.29) is 12.0 Å². The van der Waals surface area contributed by atoms with Crippen molar-refractivity contribution in [2.24, 2.45) is 11.7 Å². The SMILES string of the molecule is N[C@H]1C=CC(C(=O)O)C1. The Morgan fingerprint density at radius 2 is 2.33 bits per heavy atom. The first-order chi connectivity index (χ1) is 4.20. The highest BCUT2D eigenvalue weighted by molar-refractivity contribution is 5.72. The van der Waals surface area contributed by atoms with Crippen LogP contribution in [0.3, 0.4) is 0 Å². The van der Waals surface area contributed by atoms with E-state index in [1.807, 2.05) is 0 Å². The summed E-state index contributed by atoms with van der Waals surface area (Å²) in [7, 11) is 0. The fourth-order valence-corrected chi connectivity index (χ4v) is 0.910. The van der Waals surface area contributed by atoms with E-state index in [1.54, 1.807) is 12.2 Å².